The Labute approximate surface area is 151 Å². The molecule has 10 heteroatoms. The molecule has 3 atom stereocenters. The van der Waals surface area contributed by atoms with Gasteiger partial charge in [-0.1, -0.05) is 12.8 Å². The van der Waals surface area contributed by atoms with Gasteiger partial charge in [-0.25, -0.2) is 8.42 Å². The van der Waals surface area contributed by atoms with Gasteiger partial charge in [0.05, 0.1) is 23.3 Å². The maximum Gasteiger partial charge on any atom is 0.326 e. The Kier molecular flexibility index (Phi) is 5.31. The zero-order valence-electron chi connectivity index (χ0n) is 14.3. The van der Waals surface area contributed by atoms with E-state index in [0.29, 0.717) is 19.3 Å². The predicted molar refractivity (Wildman–Crippen MR) is 88.3 cm³/mol. The van der Waals surface area contributed by atoms with Crippen LogP contribution in [0.15, 0.2) is 0 Å². The van der Waals surface area contributed by atoms with Crippen molar-refractivity contribution in [2.45, 2.75) is 38.1 Å². The molecule has 1 N–H and O–H groups in total. The third-order valence-electron chi connectivity index (χ3n) is 5.18. The maximum absolute atomic E-state index is 12.3. The second-order valence-corrected chi connectivity index (χ2v) is 9.32. The van der Waals surface area contributed by atoms with Gasteiger partial charge in [-0.15, -0.1) is 0 Å². The third-order valence-corrected chi connectivity index (χ3v) is 6.95. The van der Waals surface area contributed by atoms with E-state index in [4.69, 9.17) is 4.74 Å². The summed E-state index contributed by atoms with van der Waals surface area (Å²) in [5, 5.41) is 2.50. The summed E-state index contributed by atoms with van der Waals surface area (Å²) in [7, 11) is -3.12. The van der Waals surface area contributed by atoms with Crippen LogP contribution in [-0.2, 0) is 33.8 Å². The number of rotatable bonds is 5. The van der Waals surface area contributed by atoms with E-state index in [9.17, 15) is 27.6 Å². The molecule has 3 amide bonds. The lowest BCUT2D eigenvalue weighted by atomic mass is 9.81. The van der Waals surface area contributed by atoms with Crippen LogP contribution < -0.4 is 5.32 Å². The largest absolute Gasteiger partial charge is 0.454 e. The molecule has 144 valence electrons. The Morgan fingerprint density at radius 3 is 2.23 bits per heavy atom. The van der Waals surface area contributed by atoms with Crippen LogP contribution in [0.1, 0.15) is 32.1 Å². The van der Waals surface area contributed by atoms with E-state index >= 15 is 0 Å². The van der Waals surface area contributed by atoms with Crippen molar-refractivity contribution >= 4 is 33.5 Å². The molecule has 26 heavy (non-hydrogen) atoms. The van der Waals surface area contributed by atoms with Crippen molar-refractivity contribution < 1.29 is 32.3 Å². The number of hydrogen-bond donors (Lipinski definition) is 1. The Hall–Kier alpha value is -1.97. The molecule has 0 aromatic rings. The smallest absolute Gasteiger partial charge is 0.326 e. The van der Waals surface area contributed by atoms with E-state index in [-0.39, 0.29) is 35.2 Å². The van der Waals surface area contributed by atoms with Gasteiger partial charge in [0, 0.05) is 6.04 Å². The molecule has 0 aromatic carbocycles. The Balaban J connectivity index is 1.45. The van der Waals surface area contributed by atoms with E-state index in [0.717, 1.165) is 17.7 Å². The highest BCUT2D eigenvalue weighted by atomic mass is 32.2. The standard InChI is InChI=1S/C16H22N2O7S/c19-13(17-10-5-6-26(23,24)9-10)8-25-14(20)7-18-15(21)11-3-1-2-4-12(11)16(18)22/h10-12H,1-9H2,(H,17,19)/t10-,11-,12+/m0/s1. The Morgan fingerprint density at radius 2 is 1.69 bits per heavy atom. The van der Waals surface area contributed by atoms with E-state index in [1.165, 1.54) is 0 Å². The second kappa shape index (κ2) is 7.34. The first-order valence-electron chi connectivity index (χ1n) is 8.77. The first kappa shape index (κ1) is 18.8. The summed E-state index contributed by atoms with van der Waals surface area (Å²) in [4.78, 5) is 49.1. The van der Waals surface area contributed by atoms with Crippen LogP contribution in [0.25, 0.3) is 0 Å². The molecule has 3 aliphatic rings. The number of sulfone groups is 1. The van der Waals surface area contributed by atoms with Gasteiger partial charge in [0.1, 0.15) is 6.54 Å². The van der Waals surface area contributed by atoms with E-state index in [1.807, 2.05) is 0 Å². The molecular weight excluding hydrogens is 364 g/mol. The molecular formula is C16H22N2O7S. The number of imide groups is 1. The summed E-state index contributed by atoms with van der Waals surface area (Å²) in [6.45, 7) is -1.06. The highest BCUT2D eigenvalue weighted by molar-refractivity contribution is 7.91. The topological polar surface area (TPSA) is 127 Å². The van der Waals surface area contributed by atoms with Crippen LogP contribution in [-0.4, -0.2) is 67.7 Å². The van der Waals surface area contributed by atoms with Crippen LogP contribution in [0.3, 0.4) is 0 Å². The molecule has 0 bridgehead atoms. The Morgan fingerprint density at radius 1 is 1.08 bits per heavy atom. The summed E-state index contributed by atoms with van der Waals surface area (Å²) >= 11 is 0. The fourth-order valence-corrected chi connectivity index (χ4v) is 5.56. The van der Waals surface area contributed by atoms with Gasteiger partial charge in [-0.2, -0.15) is 0 Å². The van der Waals surface area contributed by atoms with Crippen molar-refractivity contribution in [2.24, 2.45) is 11.8 Å². The predicted octanol–water partition coefficient (Wildman–Crippen LogP) is -0.992. The second-order valence-electron chi connectivity index (χ2n) is 7.09. The summed E-state index contributed by atoms with van der Waals surface area (Å²) in [5.74, 6) is -2.87. The van der Waals surface area contributed by atoms with Gasteiger partial charge in [-0.05, 0) is 19.3 Å². The molecule has 0 spiro atoms. The number of amides is 3. The number of likely N-dealkylation sites (tertiary alicyclic amines) is 1. The zero-order chi connectivity index (χ0) is 18.9. The fourth-order valence-electron chi connectivity index (χ4n) is 3.89. The lowest BCUT2D eigenvalue weighted by Gasteiger charge is -2.19. The Bertz CT molecular complexity index is 709. The third kappa shape index (κ3) is 4.05. The molecule has 2 aliphatic heterocycles. The molecule has 2 heterocycles. The summed E-state index contributed by atoms with van der Waals surface area (Å²) < 4.78 is 27.5. The van der Waals surface area contributed by atoms with Gasteiger partial charge in [0.2, 0.25) is 11.8 Å². The van der Waals surface area contributed by atoms with Crippen molar-refractivity contribution in [2.75, 3.05) is 24.7 Å². The number of carbonyl (C=O) groups excluding carboxylic acids is 4. The highest BCUT2D eigenvalue weighted by Gasteiger charge is 2.48. The number of esters is 1. The zero-order valence-corrected chi connectivity index (χ0v) is 15.1. The van der Waals surface area contributed by atoms with Crippen LogP contribution in [0.2, 0.25) is 0 Å². The lowest BCUT2D eigenvalue weighted by Crippen LogP contribution is -2.40. The van der Waals surface area contributed by atoms with Crippen molar-refractivity contribution in [3.05, 3.63) is 0 Å². The number of ether oxygens (including phenoxy) is 1. The summed E-state index contributed by atoms with van der Waals surface area (Å²) in [5.41, 5.74) is 0. The minimum atomic E-state index is -3.12. The van der Waals surface area contributed by atoms with Crippen LogP contribution in [0.5, 0.6) is 0 Å². The number of carbonyl (C=O) groups is 4. The first-order chi connectivity index (χ1) is 12.3. The minimum absolute atomic E-state index is 0.0270. The number of nitrogens with zero attached hydrogens (tertiary/aromatic N) is 1. The van der Waals surface area contributed by atoms with Gasteiger partial charge < -0.3 is 10.1 Å². The average Bonchev–Trinajstić information content (AvgIpc) is 3.05. The maximum atomic E-state index is 12.3. The van der Waals surface area contributed by atoms with Crippen molar-refractivity contribution in [1.29, 1.82) is 0 Å². The normalized spacial score (nSPS) is 30.2. The van der Waals surface area contributed by atoms with Crippen LogP contribution in [0, 0.1) is 11.8 Å². The molecule has 1 saturated carbocycles. The molecule has 0 radical (unpaired) electrons. The quantitative estimate of drug-likeness (QED) is 0.475. The number of fused-ring (bicyclic) bond motifs is 1. The molecule has 9 nitrogen and oxygen atoms in total. The van der Waals surface area contributed by atoms with Gasteiger partial charge in [0.15, 0.2) is 16.4 Å². The van der Waals surface area contributed by atoms with Crippen LogP contribution >= 0.6 is 0 Å². The minimum Gasteiger partial charge on any atom is -0.454 e. The first-order valence-corrected chi connectivity index (χ1v) is 10.6. The van der Waals surface area contributed by atoms with E-state index in [2.05, 4.69) is 5.32 Å². The van der Waals surface area contributed by atoms with Gasteiger partial charge >= 0.3 is 5.97 Å². The average molecular weight is 386 g/mol. The molecule has 1 aliphatic carbocycles. The fraction of sp³-hybridized carbons (Fsp3) is 0.750. The van der Waals surface area contributed by atoms with Crippen molar-refractivity contribution in [3.63, 3.8) is 0 Å². The number of hydrogen-bond acceptors (Lipinski definition) is 7. The van der Waals surface area contributed by atoms with E-state index in [1.54, 1.807) is 0 Å². The molecule has 2 saturated heterocycles. The molecule has 3 fully saturated rings. The van der Waals surface area contributed by atoms with Gasteiger partial charge in [-0.3, -0.25) is 24.1 Å². The lowest BCUT2D eigenvalue weighted by molar-refractivity contribution is -0.155. The van der Waals surface area contributed by atoms with Crippen molar-refractivity contribution in [1.82, 2.24) is 10.2 Å². The highest BCUT2D eigenvalue weighted by Crippen LogP contribution is 2.37. The van der Waals surface area contributed by atoms with Crippen LogP contribution in [0.4, 0.5) is 0 Å². The number of nitrogens with one attached hydrogen (secondary N) is 1. The summed E-state index contributed by atoms with van der Waals surface area (Å²) in [6.07, 6.45) is 3.45. The van der Waals surface area contributed by atoms with E-state index < -0.39 is 40.9 Å². The van der Waals surface area contributed by atoms with Gasteiger partial charge in [0.25, 0.3) is 5.91 Å². The monoisotopic (exact) mass is 386 g/mol. The summed E-state index contributed by atoms with van der Waals surface area (Å²) in [6, 6.07) is -0.476. The molecule has 3 rings (SSSR count). The molecule has 0 aromatic heterocycles. The SMILES string of the molecule is O=C(COC(=O)CN1C(=O)[C@H]2CCCC[C@H]2C1=O)N[C@H]1CCS(=O)(=O)C1. The molecule has 0 unspecified atom stereocenters. The van der Waals surface area contributed by atoms with Crippen molar-refractivity contribution in [3.8, 4) is 0 Å².